The quantitative estimate of drug-likeness (QED) is 0.102. The van der Waals surface area contributed by atoms with Gasteiger partial charge in [0, 0.05) is 18.6 Å². The van der Waals surface area contributed by atoms with Crippen LogP contribution in [0.4, 0.5) is 35.4 Å². The summed E-state index contributed by atoms with van der Waals surface area (Å²) in [6, 6.07) is 8.16. The summed E-state index contributed by atoms with van der Waals surface area (Å²) in [7, 11) is -5.27. The van der Waals surface area contributed by atoms with Gasteiger partial charge in [0.05, 0.1) is 52.1 Å². The third kappa shape index (κ3) is 12.7. The molecule has 2 aromatic carbocycles. The highest BCUT2D eigenvalue weighted by Crippen LogP contribution is 2.39. The number of hydrogen-bond acceptors (Lipinski definition) is 16. The van der Waals surface area contributed by atoms with Gasteiger partial charge in [0.25, 0.3) is 0 Å². The van der Waals surface area contributed by atoms with Crippen LogP contribution in [0, 0.1) is 10.1 Å². The minimum Gasteiger partial charge on any atom is -0.481 e. The largest absolute Gasteiger partial charge is 0.481 e. The number of carbonyl (C=O) groups excluding carboxylic acids is 1. The minimum absolute atomic E-state index is 0.00654. The molecule has 60 heavy (non-hydrogen) atoms. The van der Waals surface area contributed by atoms with Crippen LogP contribution >= 0.6 is 34.8 Å². The molecule has 30 heteroatoms. The Balaban J connectivity index is 0.000000244. The second kappa shape index (κ2) is 19.8. The number of benzene rings is 2. The number of nitrogens with two attached hydrogens (primary N) is 1. The number of hydrogen-bond donors (Lipinski definition) is 4. The van der Waals surface area contributed by atoms with Crippen molar-refractivity contribution in [3.8, 4) is 23.2 Å². The van der Waals surface area contributed by atoms with Crippen LogP contribution in [0.25, 0.3) is 16.6 Å². The van der Waals surface area contributed by atoms with Crippen LogP contribution < -0.4 is 30.0 Å². The van der Waals surface area contributed by atoms with E-state index in [0.29, 0.717) is 34.7 Å². The maximum absolute atomic E-state index is 12.6. The number of ether oxygens (including phenoxy) is 3. The van der Waals surface area contributed by atoms with Gasteiger partial charge in [-0.15, -0.1) is 0 Å². The molecule has 0 fully saturated rings. The summed E-state index contributed by atoms with van der Waals surface area (Å²) in [4.78, 5) is 43.6. The van der Waals surface area contributed by atoms with Crippen LogP contribution in [0.5, 0.6) is 17.5 Å². The number of nitrogens with one attached hydrogen (secondary N) is 2. The lowest BCUT2D eigenvalue weighted by atomic mass is 10.2. The number of urea groups is 1. The van der Waals surface area contributed by atoms with Crippen molar-refractivity contribution in [1.82, 2.24) is 33.2 Å². The molecule has 0 saturated carbocycles. The van der Waals surface area contributed by atoms with E-state index in [1.54, 1.807) is 30.5 Å². The van der Waals surface area contributed by atoms with Gasteiger partial charge in [-0.2, -0.15) is 36.7 Å². The Kier molecular flexibility index (Phi) is 16.0. The van der Waals surface area contributed by atoms with Crippen LogP contribution in [-0.2, 0) is 31.2 Å². The fraction of sp³-hybridized carbons (Fsp3) is 0.200. The highest BCUT2D eigenvalue weighted by atomic mass is 35.5. The average molecular weight is 948 g/mol. The van der Waals surface area contributed by atoms with Crippen molar-refractivity contribution >= 4 is 95.4 Å². The number of nitro groups is 1. The fourth-order valence-electron chi connectivity index (χ4n) is 4.12. The number of aliphatic carboxylic acids is 1. The van der Waals surface area contributed by atoms with Gasteiger partial charge in [0.1, 0.15) is 23.2 Å². The number of alkyl halides is 3. The maximum atomic E-state index is 12.6. The number of rotatable bonds is 11. The summed E-state index contributed by atoms with van der Waals surface area (Å²) < 4.78 is 101. The summed E-state index contributed by atoms with van der Waals surface area (Å²) in [5, 5.41) is 25.4. The second-order valence-electron chi connectivity index (χ2n) is 11.0. The number of nitrogen functional groups attached to an aromatic ring is 1. The number of carboxylic acids is 1. The fourth-order valence-corrected chi connectivity index (χ4v) is 6.94. The molecule has 0 bridgehead atoms. The van der Waals surface area contributed by atoms with Crippen LogP contribution in [0.15, 0.2) is 54.9 Å². The van der Waals surface area contributed by atoms with Gasteiger partial charge in [0.15, 0.2) is 6.61 Å². The van der Waals surface area contributed by atoms with E-state index in [4.69, 9.17) is 59.9 Å². The standard InChI is InChI=1S/C11H8ClNO3.C10H5Cl2F3N4O2.C9H15N5O7S2/c12-8-3-4-9(16-6-10(14)15)11-7(8)2-1-5-13-11;11-5-1-4(10(13,14)15)2-6(12)8(5)18-9(16)7(3-17-18)19(20)21;1-14(22(4,16)17)23(18,19)13-9(15)12-8-10-6(20-2)5-7(11-8)21-3/h1-5H,6H2,(H,14,15);1-3H,16H2;5H,1-4H3,(H2,10,11,12,13,15). The minimum atomic E-state index is -4.63. The molecule has 22 nitrogen and oxygen atoms in total. The zero-order chi connectivity index (χ0) is 45.3. The number of aromatic nitrogens is 5. The highest BCUT2D eigenvalue weighted by molar-refractivity contribution is 8.03. The second-order valence-corrected chi connectivity index (χ2v) is 16.1. The monoisotopic (exact) mass is 946 g/mol. The molecule has 0 aliphatic heterocycles. The number of carboxylic acid groups (broad SMARTS) is 1. The van der Waals surface area contributed by atoms with Crippen LogP contribution in [0.1, 0.15) is 5.56 Å². The van der Waals surface area contributed by atoms with Crippen LogP contribution in [0.2, 0.25) is 15.1 Å². The first-order chi connectivity index (χ1) is 27.8. The van der Waals surface area contributed by atoms with Gasteiger partial charge in [-0.1, -0.05) is 38.5 Å². The summed E-state index contributed by atoms with van der Waals surface area (Å²) in [6.07, 6.45) is -1.51. The normalized spacial score (nSPS) is 11.4. The highest BCUT2D eigenvalue weighted by Gasteiger charge is 2.33. The van der Waals surface area contributed by atoms with E-state index in [1.807, 2.05) is 5.32 Å². The van der Waals surface area contributed by atoms with Gasteiger partial charge in [-0.05, 0) is 36.4 Å². The third-order valence-electron chi connectivity index (χ3n) is 6.92. The first kappa shape index (κ1) is 48.4. The molecular formula is C30H28Cl3F3N10O12S2. The van der Waals surface area contributed by atoms with E-state index in [2.05, 4.69) is 20.1 Å². The zero-order valence-electron chi connectivity index (χ0n) is 30.6. The zero-order valence-corrected chi connectivity index (χ0v) is 34.5. The third-order valence-corrected chi connectivity index (χ3v) is 11.3. The van der Waals surface area contributed by atoms with Gasteiger partial charge in [0.2, 0.25) is 33.5 Å². The number of methoxy groups -OCH3 is 2. The Morgan fingerprint density at radius 3 is 2.08 bits per heavy atom. The molecule has 2 amide bonds. The van der Waals surface area contributed by atoms with E-state index in [0.717, 1.165) is 23.3 Å². The molecule has 0 aliphatic rings. The molecule has 0 radical (unpaired) electrons. The molecule has 0 unspecified atom stereocenters. The number of halogens is 6. The van der Waals surface area contributed by atoms with Crippen molar-refractivity contribution in [2.75, 3.05) is 45.2 Å². The Labute approximate surface area is 351 Å². The van der Waals surface area contributed by atoms with Crippen molar-refractivity contribution in [2.24, 2.45) is 0 Å². The number of nitrogens with zero attached hydrogens (tertiary/aromatic N) is 7. The van der Waals surface area contributed by atoms with E-state index >= 15 is 0 Å². The molecular weight excluding hydrogens is 920 g/mol. The van der Waals surface area contributed by atoms with Gasteiger partial charge in [-0.3, -0.25) is 20.4 Å². The molecule has 0 atom stereocenters. The molecule has 0 aliphatic carbocycles. The Morgan fingerprint density at radius 1 is 1.02 bits per heavy atom. The Hall–Kier alpha value is -6.00. The SMILES string of the molecule is COc1cc(OC)nc(NC(=O)NS(=O)(=O)N(C)S(C)(=O)=O)n1.Nc1c([N+](=O)[O-])cnn1-c1c(Cl)cc(C(F)(F)F)cc1Cl.O=C(O)COc1ccc(Cl)c2cccnc12. The van der Waals surface area contributed by atoms with Crippen LogP contribution in [0.3, 0.4) is 0 Å². The Bertz CT molecular complexity index is 2600. The van der Waals surface area contributed by atoms with Gasteiger partial charge >= 0.3 is 34.1 Å². The molecule has 5 N–H and O–H groups in total. The summed E-state index contributed by atoms with van der Waals surface area (Å²) in [5.41, 5.74) is 4.35. The van der Waals surface area contributed by atoms with Crippen LogP contribution in [-0.4, -0.2) is 101 Å². The number of carbonyl (C=O) groups is 2. The molecule has 5 aromatic rings. The molecule has 3 aromatic heterocycles. The average Bonchev–Trinajstić information content (AvgIpc) is 3.53. The first-order valence-corrected chi connectivity index (χ1v) is 19.9. The van der Waals surface area contributed by atoms with E-state index in [-0.39, 0.29) is 37.2 Å². The molecule has 5 rings (SSSR count). The van der Waals surface area contributed by atoms with E-state index < -0.39 is 67.0 Å². The van der Waals surface area contributed by atoms with Crippen molar-refractivity contribution in [2.45, 2.75) is 6.18 Å². The van der Waals surface area contributed by atoms with Crippen molar-refractivity contribution in [1.29, 1.82) is 0 Å². The lowest BCUT2D eigenvalue weighted by Crippen LogP contribution is -2.45. The van der Waals surface area contributed by atoms with Gasteiger partial charge < -0.3 is 25.1 Å². The topological polar surface area (TPSA) is 303 Å². The smallest absolute Gasteiger partial charge is 0.416 e. The number of amides is 2. The first-order valence-electron chi connectivity index (χ1n) is 15.5. The summed E-state index contributed by atoms with van der Waals surface area (Å²) in [6.45, 7) is -0.396. The van der Waals surface area contributed by atoms with Gasteiger partial charge in [-0.25, -0.2) is 27.4 Å². The molecule has 324 valence electrons. The predicted molar refractivity (Wildman–Crippen MR) is 208 cm³/mol. The van der Waals surface area contributed by atoms with E-state index in [9.17, 15) is 49.7 Å². The number of pyridine rings is 1. The predicted octanol–water partition coefficient (Wildman–Crippen LogP) is 4.79. The molecule has 0 saturated heterocycles. The van der Waals surface area contributed by atoms with Crippen molar-refractivity contribution < 1.29 is 63.8 Å². The summed E-state index contributed by atoms with van der Waals surface area (Å²) in [5.74, 6) is -1.20. The maximum Gasteiger partial charge on any atom is 0.416 e. The van der Waals surface area contributed by atoms with Crippen molar-refractivity contribution in [3.63, 3.8) is 0 Å². The molecule has 3 heterocycles. The number of anilines is 2. The number of sulfonamides is 1. The van der Waals surface area contributed by atoms with Crippen molar-refractivity contribution in [3.05, 3.63) is 85.6 Å². The lowest BCUT2D eigenvalue weighted by molar-refractivity contribution is -0.383. The summed E-state index contributed by atoms with van der Waals surface area (Å²) >= 11 is 17.5. The molecule has 0 spiro atoms. The van der Waals surface area contributed by atoms with E-state index in [1.165, 1.54) is 25.0 Å². The Morgan fingerprint density at radius 2 is 1.60 bits per heavy atom. The lowest BCUT2D eigenvalue weighted by Gasteiger charge is -2.15. The number of fused-ring (bicyclic) bond motifs is 1.